The summed E-state index contributed by atoms with van der Waals surface area (Å²) in [6.07, 6.45) is 1.30. The van der Waals surface area contributed by atoms with Crippen LogP contribution in [-0.4, -0.2) is 60.4 Å². The number of para-hydroxylation sites is 1. The van der Waals surface area contributed by atoms with E-state index in [0.717, 1.165) is 21.2 Å². The molecule has 4 aromatic rings. The predicted molar refractivity (Wildman–Crippen MR) is 118 cm³/mol. The molecule has 0 saturated carbocycles. The summed E-state index contributed by atoms with van der Waals surface area (Å²) in [5.41, 5.74) is 1.48. The zero-order valence-corrected chi connectivity index (χ0v) is 18.0. The minimum absolute atomic E-state index is 0.0951. The van der Waals surface area contributed by atoms with Gasteiger partial charge in [0.05, 0.1) is 13.2 Å². The van der Waals surface area contributed by atoms with Crippen LogP contribution in [0.1, 0.15) is 31.9 Å². The molecule has 1 atom stereocenters. The molecule has 1 fully saturated rings. The van der Waals surface area contributed by atoms with E-state index in [4.69, 9.17) is 9.15 Å². The predicted octanol–water partition coefficient (Wildman–Crippen LogP) is 3.96. The van der Waals surface area contributed by atoms with Crippen molar-refractivity contribution in [1.29, 1.82) is 0 Å². The minimum atomic E-state index is -0.418. The Labute approximate surface area is 182 Å². The largest absolute Gasteiger partial charge is 0.451 e. The molecule has 158 valence electrons. The number of hydrogen-bond donors (Lipinski definition) is 0. The fraction of sp³-hybridized carbons (Fsp3) is 0.261. The number of furan rings is 1. The van der Waals surface area contributed by atoms with Crippen molar-refractivity contribution in [3.05, 3.63) is 64.9 Å². The SMILES string of the molecule is CN(C)C(=O)c1sc2ncccc2c1[C@@H]1CN(C(=O)c2cc3ccccc3o2)CCO1. The number of benzene rings is 1. The highest BCUT2D eigenvalue weighted by molar-refractivity contribution is 7.20. The van der Waals surface area contributed by atoms with E-state index in [9.17, 15) is 9.59 Å². The number of thiophene rings is 1. The number of carbonyl (C=O) groups is 2. The second kappa shape index (κ2) is 7.79. The molecule has 1 saturated heterocycles. The molecule has 0 N–H and O–H groups in total. The lowest BCUT2D eigenvalue weighted by Gasteiger charge is -2.33. The Morgan fingerprint density at radius 3 is 2.84 bits per heavy atom. The summed E-state index contributed by atoms with van der Waals surface area (Å²) in [6.45, 7) is 1.18. The molecule has 5 rings (SSSR count). The minimum Gasteiger partial charge on any atom is -0.451 e. The van der Waals surface area contributed by atoms with Gasteiger partial charge in [0, 0.05) is 43.2 Å². The van der Waals surface area contributed by atoms with Gasteiger partial charge in [-0.25, -0.2) is 4.98 Å². The van der Waals surface area contributed by atoms with E-state index >= 15 is 0 Å². The smallest absolute Gasteiger partial charge is 0.289 e. The molecule has 1 aromatic carbocycles. The van der Waals surface area contributed by atoms with Crippen molar-refractivity contribution in [2.24, 2.45) is 0 Å². The first-order valence-corrected chi connectivity index (χ1v) is 10.8. The van der Waals surface area contributed by atoms with Crippen molar-refractivity contribution < 1.29 is 18.7 Å². The molecule has 7 nitrogen and oxygen atoms in total. The molecule has 1 aliphatic rings. The Balaban J connectivity index is 1.49. The molecule has 1 aliphatic heterocycles. The standard InChI is InChI=1S/C23H21N3O4S/c1-25(2)23(28)20-19(15-7-5-9-24-21(15)31-20)18-13-26(10-11-29-18)22(27)17-12-14-6-3-4-8-16(14)30-17/h3-9,12,18H,10-11,13H2,1-2H3/t18-/m0/s1. The number of nitrogens with zero attached hydrogens (tertiary/aromatic N) is 3. The monoisotopic (exact) mass is 435 g/mol. The first kappa shape index (κ1) is 19.7. The van der Waals surface area contributed by atoms with Crippen molar-refractivity contribution in [2.75, 3.05) is 33.8 Å². The number of morpholine rings is 1. The van der Waals surface area contributed by atoms with Crippen LogP contribution < -0.4 is 0 Å². The summed E-state index contributed by atoms with van der Waals surface area (Å²) in [4.78, 5) is 35.1. The van der Waals surface area contributed by atoms with Crippen molar-refractivity contribution in [3.63, 3.8) is 0 Å². The van der Waals surface area contributed by atoms with E-state index in [1.165, 1.54) is 11.3 Å². The van der Waals surface area contributed by atoms with Gasteiger partial charge in [0.1, 0.15) is 21.4 Å². The van der Waals surface area contributed by atoms with Gasteiger partial charge in [0.25, 0.3) is 11.8 Å². The first-order valence-electron chi connectivity index (χ1n) is 10.0. The molecule has 0 spiro atoms. The molecule has 4 heterocycles. The number of aromatic nitrogens is 1. The molecule has 3 aromatic heterocycles. The van der Waals surface area contributed by atoms with Crippen LogP contribution in [0.3, 0.4) is 0 Å². The van der Waals surface area contributed by atoms with Gasteiger partial charge in [-0.15, -0.1) is 11.3 Å². The number of rotatable bonds is 3. The Bertz CT molecular complexity index is 1260. The second-order valence-electron chi connectivity index (χ2n) is 7.66. The number of fused-ring (bicyclic) bond motifs is 2. The van der Waals surface area contributed by atoms with E-state index < -0.39 is 6.10 Å². The number of pyridine rings is 1. The maximum Gasteiger partial charge on any atom is 0.289 e. The van der Waals surface area contributed by atoms with E-state index in [-0.39, 0.29) is 11.8 Å². The third-order valence-corrected chi connectivity index (χ3v) is 6.53. The van der Waals surface area contributed by atoms with Crippen molar-refractivity contribution in [1.82, 2.24) is 14.8 Å². The molecular formula is C23H21N3O4S. The quantitative estimate of drug-likeness (QED) is 0.487. The second-order valence-corrected chi connectivity index (χ2v) is 8.66. The summed E-state index contributed by atoms with van der Waals surface area (Å²) >= 11 is 1.36. The summed E-state index contributed by atoms with van der Waals surface area (Å²) in [5, 5.41) is 1.78. The molecule has 0 unspecified atom stereocenters. The number of hydrogen-bond acceptors (Lipinski definition) is 6. The zero-order chi connectivity index (χ0) is 21.5. The highest BCUT2D eigenvalue weighted by Gasteiger charge is 2.33. The van der Waals surface area contributed by atoms with Crippen molar-refractivity contribution >= 4 is 44.3 Å². The highest BCUT2D eigenvalue weighted by atomic mass is 32.1. The van der Waals surface area contributed by atoms with Crippen LogP contribution in [0.5, 0.6) is 0 Å². The van der Waals surface area contributed by atoms with Crippen molar-refractivity contribution in [3.8, 4) is 0 Å². The molecule has 2 amide bonds. The zero-order valence-electron chi connectivity index (χ0n) is 17.2. The van der Waals surface area contributed by atoms with Gasteiger partial charge in [-0.05, 0) is 18.2 Å². The van der Waals surface area contributed by atoms with Crippen LogP contribution in [0.25, 0.3) is 21.2 Å². The fourth-order valence-electron chi connectivity index (χ4n) is 3.88. The Hall–Kier alpha value is -3.23. The summed E-state index contributed by atoms with van der Waals surface area (Å²) in [5.74, 6) is 0.0354. The maximum absolute atomic E-state index is 13.2. The topological polar surface area (TPSA) is 75.9 Å². The molecule has 0 aliphatic carbocycles. The summed E-state index contributed by atoms with van der Waals surface area (Å²) in [6, 6.07) is 13.1. The van der Waals surface area contributed by atoms with E-state index in [1.807, 2.05) is 36.4 Å². The maximum atomic E-state index is 13.2. The normalized spacial score (nSPS) is 16.7. The number of carbonyl (C=O) groups excluding carboxylic acids is 2. The number of ether oxygens (including phenoxy) is 1. The van der Waals surface area contributed by atoms with Gasteiger partial charge < -0.3 is 19.0 Å². The number of amides is 2. The van der Waals surface area contributed by atoms with Gasteiger partial charge in [-0.1, -0.05) is 24.3 Å². The molecule has 31 heavy (non-hydrogen) atoms. The van der Waals surface area contributed by atoms with Crippen LogP contribution in [-0.2, 0) is 4.74 Å². The first-order chi connectivity index (χ1) is 15.0. The molecule has 0 radical (unpaired) electrons. The Kier molecular flexibility index (Phi) is 4.95. The average molecular weight is 436 g/mol. The lowest BCUT2D eigenvalue weighted by Crippen LogP contribution is -2.42. The van der Waals surface area contributed by atoms with Gasteiger partial charge >= 0.3 is 0 Å². The molecular weight excluding hydrogens is 414 g/mol. The lowest BCUT2D eigenvalue weighted by molar-refractivity contribution is -0.0232. The van der Waals surface area contributed by atoms with E-state index in [1.54, 1.807) is 36.2 Å². The molecule has 8 heteroatoms. The van der Waals surface area contributed by atoms with Crippen LogP contribution in [0.15, 0.2) is 53.1 Å². The van der Waals surface area contributed by atoms with Crippen LogP contribution in [0.2, 0.25) is 0 Å². The third kappa shape index (κ3) is 3.47. The molecule has 0 bridgehead atoms. The highest BCUT2D eigenvalue weighted by Crippen LogP contribution is 2.38. The third-order valence-electron chi connectivity index (χ3n) is 5.42. The van der Waals surface area contributed by atoms with Gasteiger partial charge in [0.2, 0.25) is 0 Å². The summed E-state index contributed by atoms with van der Waals surface area (Å²) in [7, 11) is 3.45. The van der Waals surface area contributed by atoms with Gasteiger partial charge in [-0.3, -0.25) is 9.59 Å². The van der Waals surface area contributed by atoms with Gasteiger partial charge in [0.15, 0.2) is 5.76 Å². The lowest BCUT2D eigenvalue weighted by atomic mass is 10.0. The Morgan fingerprint density at radius 2 is 2.03 bits per heavy atom. The van der Waals surface area contributed by atoms with Crippen molar-refractivity contribution in [2.45, 2.75) is 6.10 Å². The van der Waals surface area contributed by atoms with Crippen LogP contribution in [0, 0.1) is 0 Å². The fourth-order valence-corrected chi connectivity index (χ4v) is 5.10. The van der Waals surface area contributed by atoms with E-state index in [2.05, 4.69) is 4.98 Å². The van der Waals surface area contributed by atoms with Crippen LogP contribution in [0.4, 0.5) is 0 Å². The Morgan fingerprint density at radius 1 is 1.19 bits per heavy atom. The van der Waals surface area contributed by atoms with Crippen LogP contribution >= 0.6 is 11.3 Å². The van der Waals surface area contributed by atoms with E-state index in [0.29, 0.717) is 35.9 Å². The average Bonchev–Trinajstić information content (AvgIpc) is 3.39. The summed E-state index contributed by atoms with van der Waals surface area (Å²) < 4.78 is 11.8. The van der Waals surface area contributed by atoms with Gasteiger partial charge in [-0.2, -0.15) is 0 Å².